The van der Waals surface area contributed by atoms with Gasteiger partial charge in [-0.2, -0.15) is 0 Å². The van der Waals surface area contributed by atoms with Gasteiger partial charge in [0.2, 0.25) is 0 Å². The number of hydrogen-bond donors (Lipinski definition) is 1. The van der Waals surface area contributed by atoms with Crippen LogP contribution in [0.5, 0.6) is 0 Å². The molecular weight excluding hydrogens is 253 g/mol. The van der Waals surface area contributed by atoms with Crippen molar-refractivity contribution < 1.29 is 8.81 Å². The normalized spacial score (nSPS) is 12.7. The molecule has 0 spiro atoms. The number of benzene rings is 1. The predicted octanol–water partition coefficient (Wildman–Crippen LogP) is 3.88. The molecule has 0 bridgehead atoms. The van der Waals surface area contributed by atoms with Crippen LogP contribution < -0.4 is 5.32 Å². The molecule has 18 heavy (non-hydrogen) atoms. The Hall–Kier alpha value is -1.32. The standard InChI is InChI=1S/C14H15ClFNO/c1-9-6-7-18-14(9)12(17-2)8-10-4-3-5-11(16)13(10)15/h3-7,12,17H,8H2,1-2H3. The molecule has 1 heterocycles. The molecule has 0 aliphatic rings. The van der Waals surface area contributed by atoms with Gasteiger partial charge in [0.1, 0.15) is 11.6 Å². The summed E-state index contributed by atoms with van der Waals surface area (Å²) in [5.74, 6) is 0.470. The first-order valence-corrected chi connectivity index (χ1v) is 6.15. The van der Waals surface area contributed by atoms with Crippen molar-refractivity contribution in [3.63, 3.8) is 0 Å². The summed E-state index contributed by atoms with van der Waals surface area (Å²) in [5, 5.41) is 3.35. The highest BCUT2D eigenvalue weighted by Crippen LogP contribution is 2.27. The van der Waals surface area contributed by atoms with Crippen LogP contribution in [0.2, 0.25) is 5.02 Å². The van der Waals surface area contributed by atoms with E-state index in [0.29, 0.717) is 6.42 Å². The van der Waals surface area contributed by atoms with Crippen molar-refractivity contribution in [1.29, 1.82) is 0 Å². The molecule has 2 aromatic rings. The molecule has 1 aromatic carbocycles. The third-order valence-corrected chi connectivity index (χ3v) is 3.45. The number of aryl methyl sites for hydroxylation is 1. The van der Waals surface area contributed by atoms with Crippen LogP contribution in [-0.4, -0.2) is 7.05 Å². The Morgan fingerprint density at radius 2 is 2.17 bits per heavy atom. The van der Waals surface area contributed by atoms with Crippen LogP contribution in [0.3, 0.4) is 0 Å². The zero-order valence-corrected chi connectivity index (χ0v) is 11.1. The van der Waals surface area contributed by atoms with Crippen molar-refractivity contribution in [3.8, 4) is 0 Å². The van der Waals surface area contributed by atoms with Crippen LogP contribution in [0.4, 0.5) is 4.39 Å². The molecule has 1 unspecified atom stereocenters. The lowest BCUT2D eigenvalue weighted by Gasteiger charge is -2.16. The minimum Gasteiger partial charge on any atom is -0.467 e. The summed E-state index contributed by atoms with van der Waals surface area (Å²) >= 11 is 5.96. The Kier molecular flexibility index (Phi) is 4.04. The van der Waals surface area contributed by atoms with Gasteiger partial charge in [-0.1, -0.05) is 23.7 Å². The van der Waals surface area contributed by atoms with E-state index in [1.165, 1.54) is 6.07 Å². The van der Waals surface area contributed by atoms with Gasteiger partial charge in [0.25, 0.3) is 0 Å². The zero-order chi connectivity index (χ0) is 13.1. The van der Waals surface area contributed by atoms with E-state index >= 15 is 0 Å². The molecule has 0 amide bonds. The maximum atomic E-state index is 13.4. The number of halogens is 2. The van der Waals surface area contributed by atoms with Gasteiger partial charge in [-0.25, -0.2) is 4.39 Å². The largest absolute Gasteiger partial charge is 0.467 e. The second-order valence-electron chi connectivity index (χ2n) is 4.23. The fourth-order valence-corrected chi connectivity index (χ4v) is 2.20. The number of nitrogens with one attached hydrogen (secondary N) is 1. The summed E-state index contributed by atoms with van der Waals surface area (Å²) < 4.78 is 18.8. The van der Waals surface area contributed by atoms with Gasteiger partial charge in [-0.3, -0.25) is 0 Å². The van der Waals surface area contributed by atoms with E-state index in [1.807, 2.05) is 26.1 Å². The van der Waals surface area contributed by atoms with Gasteiger partial charge in [-0.15, -0.1) is 0 Å². The van der Waals surface area contributed by atoms with Gasteiger partial charge in [-0.05, 0) is 43.7 Å². The van der Waals surface area contributed by atoms with Crippen LogP contribution >= 0.6 is 11.6 Å². The maximum Gasteiger partial charge on any atom is 0.142 e. The number of rotatable bonds is 4. The second kappa shape index (κ2) is 5.55. The van der Waals surface area contributed by atoms with Crippen LogP contribution in [0.25, 0.3) is 0 Å². The van der Waals surface area contributed by atoms with Gasteiger partial charge in [0.05, 0.1) is 17.3 Å². The van der Waals surface area contributed by atoms with Gasteiger partial charge in [0, 0.05) is 0 Å². The van der Waals surface area contributed by atoms with Crippen molar-refractivity contribution >= 4 is 11.6 Å². The average Bonchev–Trinajstić information content (AvgIpc) is 2.77. The van der Waals surface area contributed by atoms with Crippen LogP contribution in [0.1, 0.15) is 22.9 Å². The summed E-state index contributed by atoms with van der Waals surface area (Å²) in [4.78, 5) is 0. The lowest BCUT2D eigenvalue weighted by atomic mass is 10.0. The summed E-state index contributed by atoms with van der Waals surface area (Å²) in [5.41, 5.74) is 1.84. The molecule has 0 aliphatic carbocycles. The first-order valence-electron chi connectivity index (χ1n) is 5.77. The summed E-state index contributed by atoms with van der Waals surface area (Å²) in [6.07, 6.45) is 2.24. The molecule has 96 valence electrons. The van der Waals surface area contributed by atoms with Gasteiger partial charge in [0.15, 0.2) is 0 Å². The molecule has 0 aliphatic heterocycles. The van der Waals surface area contributed by atoms with Crippen LogP contribution in [-0.2, 0) is 6.42 Å². The van der Waals surface area contributed by atoms with Crippen LogP contribution in [0.15, 0.2) is 34.9 Å². The van der Waals surface area contributed by atoms with E-state index in [0.717, 1.165) is 16.9 Å². The van der Waals surface area contributed by atoms with Crippen LogP contribution in [0, 0.1) is 12.7 Å². The molecule has 0 fully saturated rings. The fraction of sp³-hybridized carbons (Fsp3) is 0.286. The first kappa shape index (κ1) is 13.1. The molecule has 0 radical (unpaired) electrons. The molecule has 1 aromatic heterocycles. The Morgan fingerprint density at radius 3 is 2.78 bits per heavy atom. The van der Waals surface area contributed by atoms with E-state index in [2.05, 4.69) is 5.32 Å². The molecule has 1 atom stereocenters. The first-order chi connectivity index (χ1) is 8.63. The van der Waals surface area contributed by atoms with Crippen molar-refractivity contribution in [2.45, 2.75) is 19.4 Å². The van der Waals surface area contributed by atoms with E-state index in [-0.39, 0.29) is 16.9 Å². The summed E-state index contributed by atoms with van der Waals surface area (Å²) in [6, 6.07) is 6.75. The smallest absolute Gasteiger partial charge is 0.142 e. The van der Waals surface area contributed by atoms with Crippen molar-refractivity contribution in [2.75, 3.05) is 7.05 Å². The Morgan fingerprint density at radius 1 is 1.39 bits per heavy atom. The summed E-state index contributed by atoms with van der Waals surface area (Å²) in [7, 11) is 1.85. The van der Waals surface area contributed by atoms with Crippen molar-refractivity contribution in [1.82, 2.24) is 5.32 Å². The Balaban J connectivity index is 2.26. The molecule has 0 saturated heterocycles. The average molecular weight is 268 g/mol. The minimum atomic E-state index is -0.389. The third kappa shape index (κ3) is 2.57. The number of hydrogen-bond acceptors (Lipinski definition) is 2. The highest BCUT2D eigenvalue weighted by molar-refractivity contribution is 6.31. The molecular formula is C14H15ClFNO. The summed E-state index contributed by atoms with van der Waals surface area (Å²) in [6.45, 7) is 1.98. The highest BCUT2D eigenvalue weighted by atomic mass is 35.5. The lowest BCUT2D eigenvalue weighted by Crippen LogP contribution is -2.19. The van der Waals surface area contributed by atoms with E-state index in [4.69, 9.17) is 16.0 Å². The fourth-order valence-electron chi connectivity index (χ4n) is 1.99. The van der Waals surface area contributed by atoms with Crippen molar-refractivity contribution in [2.24, 2.45) is 0 Å². The minimum absolute atomic E-state index is 0.0145. The van der Waals surface area contributed by atoms with E-state index < -0.39 is 0 Å². The SMILES string of the molecule is CNC(Cc1cccc(F)c1Cl)c1occc1C. The monoisotopic (exact) mass is 267 g/mol. The predicted molar refractivity (Wildman–Crippen MR) is 70.4 cm³/mol. The van der Waals surface area contributed by atoms with Gasteiger partial charge < -0.3 is 9.73 Å². The molecule has 2 nitrogen and oxygen atoms in total. The Bertz CT molecular complexity index is 538. The molecule has 4 heteroatoms. The molecule has 0 saturated carbocycles. The third-order valence-electron chi connectivity index (χ3n) is 3.02. The number of furan rings is 1. The van der Waals surface area contributed by atoms with Gasteiger partial charge >= 0.3 is 0 Å². The zero-order valence-electron chi connectivity index (χ0n) is 10.3. The Labute approximate surface area is 111 Å². The second-order valence-corrected chi connectivity index (χ2v) is 4.60. The lowest BCUT2D eigenvalue weighted by molar-refractivity contribution is 0.426. The van der Waals surface area contributed by atoms with E-state index in [1.54, 1.807) is 12.3 Å². The number of likely N-dealkylation sites (N-methyl/N-ethyl adjacent to an activating group) is 1. The quantitative estimate of drug-likeness (QED) is 0.909. The highest BCUT2D eigenvalue weighted by Gasteiger charge is 2.18. The van der Waals surface area contributed by atoms with Crippen molar-refractivity contribution in [3.05, 3.63) is 58.3 Å². The topological polar surface area (TPSA) is 25.2 Å². The maximum absolute atomic E-state index is 13.4. The molecule has 2 rings (SSSR count). The van der Waals surface area contributed by atoms with E-state index in [9.17, 15) is 4.39 Å². The molecule has 1 N–H and O–H groups in total.